The number of carbonyl (C=O) groups excluding carboxylic acids is 1. The van der Waals surface area contributed by atoms with Crippen LogP contribution in [0.1, 0.15) is 42.4 Å². The zero-order chi connectivity index (χ0) is 13.7. The van der Waals surface area contributed by atoms with Gasteiger partial charge in [0.2, 0.25) is 0 Å². The quantitative estimate of drug-likeness (QED) is 0.489. The van der Waals surface area contributed by atoms with Crippen molar-refractivity contribution in [3.05, 3.63) is 29.6 Å². The molecular formula is C14H22N4O. The molecular weight excluding hydrogens is 240 g/mol. The molecule has 1 aliphatic rings. The molecule has 0 aromatic carbocycles. The number of likely N-dealkylation sites (tertiary alicyclic amines) is 1. The molecule has 2 rings (SSSR count). The molecule has 1 aromatic heterocycles. The average molecular weight is 262 g/mol. The highest BCUT2D eigenvalue weighted by atomic mass is 16.2. The van der Waals surface area contributed by atoms with E-state index in [4.69, 9.17) is 5.84 Å². The van der Waals surface area contributed by atoms with Crippen LogP contribution in [0.4, 0.5) is 0 Å². The average Bonchev–Trinajstić information content (AvgIpc) is 2.63. The van der Waals surface area contributed by atoms with Crippen LogP contribution in [-0.2, 0) is 6.54 Å². The Balaban J connectivity index is 2.00. The van der Waals surface area contributed by atoms with Gasteiger partial charge in [0.05, 0.1) is 5.69 Å². The third-order valence-corrected chi connectivity index (χ3v) is 3.67. The van der Waals surface area contributed by atoms with Crippen molar-refractivity contribution in [3.8, 4) is 0 Å². The largest absolute Gasteiger partial charge is 0.298 e. The van der Waals surface area contributed by atoms with Gasteiger partial charge in [-0.25, -0.2) is 10.8 Å². The summed E-state index contributed by atoms with van der Waals surface area (Å²) < 4.78 is 0. The fraction of sp³-hybridized carbons (Fsp3) is 0.571. The zero-order valence-corrected chi connectivity index (χ0v) is 11.4. The first-order valence-corrected chi connectivity index (χ1v) is 6.88. The van der Waals surface area contributed by atoms with E-state index in [2.05, 4.69) is 22.2 Å². The lowest BCUT2D eigenvalue weighted by molar-refractivity contribution is 0.0948. The highest BCUT2D eigenvalue weighted by molar-refractivity contribution is 5.91. The second-order valence-corrected chi connectivity index (χ2v) is 5.30. The predicted octanol–water partition coefficient (Wildman–Crippen LogP) is 1.31. The standard InChI is InChI=1S/C14H22N4O/c1-11-4-3-8-18(9-7-11)10-12-5-2-6-13(16-12)14(19)17-15/h2,5-6,11H,3-4,7-10,15H2,1H3,(H,17,19). The van der Waals surface area contributed by atoms with Crippen LogP contribution in [0.3, 0.4) is 0 Å². The zero-order valence-electron chi connectivity index (χ0n) is 11.4. The third-order valence-electron chi connectivity index (χ3n) is 3.67. The first-order valence-electron chi connectivity index (χ1n) is 6.88. The Labute approximate surface area is 114 Å². The number of nitrogens with one attached hydrogen (secondary N) is 1. The maximum atomic E-state index is 11.4. The molecule has 1 amide bonds. The maximum absolute atomic E-state index is 11.4. The monoisotopic (exact) mass is 262 g/mol. The minimum absolute atomic E-state index is 0.341. The number of rotatable bonds is 3. The van der Waals surface area contributed by atoms with Gasteiger partial charge >= 0.3 is 0 Å². The second kappa shape index (κ2) is 6.63. The summed E-state index contributed by atoms with van der Waals surface area (Å²) in [5.74, 6) is 5.60. The number of hydrogen-bond donors (Lipinski definition) is 2. The van der Waals surface area contributed by atoms with E-state index in [0.717, 1.165) is 31.2 Å². The molecule has 1 unspecified atom stereocenters. The number of pyridine rings is 1. The molecule has 2 heterocycles. The number of hydrogen-bond acceptors (Lipinski definition) is 4. The Bertz CT molecular complexity index is 435. The Morgan fingerprint density at radius 1 is 1.47 bits per heavy atom. The number of carbonyl (C=O) groups is 1. The fourth-order valence-corrected chi connectivity index (χ4v) is 2.48. The van der Waals surface area contributed by atoms with Crippen molar-refractivity contribution in [1.82, 2.24) is 15.3 Å². The summed E-state index contributed by atoms with van der Waals surface area (Å²) in [6, 6.07) is 5.49. The van der Waals surface area contributed by atoms with E-state index in [1.54, 1.807) is 6.07 Å². The van der Waals surface area contributed by atoms with Crippen molar-refractivity contribution in [1.29, 1.82) is 0 Å². The van der Waals surface area contributed by atoms with Crippen LogP contribution in [0.5, 0.6) is 0 Å². The molecule has 3 N–H and O–H groups in total. The first kappa shape index (κ1) is 14.0. The topological polar surface area (TPSA) is 71.2 Å². The van der Waals surface area contributed by atoms with Gasteiger partial charge in [-0.05, 0) is 50.4 Å². The molecule has 1 atom stereocenters. The summed E-state index contributed by atoms with van der Waals surface area (Å²) >= 11 is 0. The molecule has 1 aliphatic heterocycles. The van der Waals surface area contributed by atoms with Gasteiger partial charge < -0.3 is 0 Å². The number of nitrogens with zero attached hydrogens (tertiary/aromatic N) is 2. The van der Waals surface area contributed by atoms with Gasteiger partial charge in [-0.1, -0.05) is 13.0 Å². The molecule has 104 valence electrons. The van der Waals surface area contributed by atoms with Gasteiger partial charge in [0.1, 0.15) is 5.69 Å². The highest BCUT2D eigenvalue weighted by Gasteiger charge is 2.15. The smallest absolute Gasteiger partial charge is 0.283 e. The summed E-state index contributed by atoms with van der Waals surface area (Å²) in [5, 5.41) is 0. The van der Waals surface area contributed by atoms with Crippen molar-refractivity contribution < 1.29 is 4.79 Å². The summed E-state index contributed by atoms with van der Waals surface area (Å²) in [6.45, 7) is 5.34. The van der Waals surface area contributed by atoms with Crippen LogP contribution in [-0.4, -0.2) is 28.9 Å². The molecule has 1 saturated heterocycles. The van der Waals surface area contributed by atoms with Gasteiger partial charge in [0.25, 0.3) is 5.91 Å². The molecule has 1 aromatic rings. The number of hydrazine groups is 1. The van der Waals surface area contributed by atoms with E-state index in [9.17, 15) is 4.79 Å². The maximum Gasteiger partial charge on any atom is 0.283 e. The van der Waals surface area contributed by atoms with Gasteiger partial charge in [0.15, 0.2) is 0 Å². The minimum Gasteiger partial charge on any atom is -0.298 e. The van der Waals surface area contributed by atoms with E-state index in [1.165, 1.54) is 19.3 Å². The van der Waals surface area contributed by atoms with E-state index < -0.39 is 0 Å². The summed E-state index contributed by atoms with van der Waals surface area (Å²) in [6.07, 6.45) is 3.78. The Hall–Kier alpha value is -1.46. The van der Waals surface area contributed by atoms with Crippen molar-refractivity contribution in [2.24, 2.45) is 11.8 Å². The van der Waals surface area contributed by atoms with Gasteiger partial charge in [-0.2, -0.15) is 0 Å². The lowest BCUT2D eigenvalue weighted by atomic mass is 10.0. The van der Waals surface area contributed by atoms with E-state index in [-0.39, 0.29) is 5.91 Å². The summed E-state index contributed by atoms with van der Waals surface area (Å²) in [7, 11) is 0. The van der Waals surface area contributed by atoms with Crippen LogP contribution >= 0.6 is 0 Å². The molecule has 0 spiro atoms. The number of nitrogens with two attached hydrogens (primary N) is 1. The molecule has 0 radical (unpaired) electrons. The highest BCUT2D eigenvalue weighted by Crippen LogP contribution is 2.17. The van der Waals surface area contributed by atoms with E-state index >= 15 is 0 Å². The molecule has 1 fully saturated rings. The van der Waals surface area contributed by atoms with Crippen LogP contribution in [0.25, 0.3) is 0 Å². The van der Waals surface area contributed by atoms with Gasteiger partial charge in [-0.15, -0.1) is 0 Å². The Morgan fingerprint density at radius 3 is 3.11 bits per heavy atom. The molecule has 5 nitrogen and oxygen atoms in total. The van der Waals surface area contributed by atoms with E-state index in [1.807, 2.05) is 12.1 Å². The SMILES string of the molecule is CC1CCCN(Cc2cccc(C(=O)NN)n2)CC1. The van der Waals surface area contributed by atoms with Crippen molar-refractivity contribution in [3.63, 3.8) is 0 Å². The summed E-state index contributed by atoms with van der Waals surface area (Å²) in [5.41, 5.74) is 3.42. The molecule has 5 heteroatoms. The normalized spacial score (nSPS) is 20.8. The van der Waals surface area contributed by atoms with Crippen molar-refractivity contribution >= 4 is 5.91 Å². The van der Waals surface area contributed by atoms with Crippen LogP contribution in [0.15, 0.2) is 18.2 Å². The van der Waals surface area contributed by atoms with Crippen LogP contribution < -0.4 is 11.3 Å². The van der Waals surface area contributed by atoms with Crippen LogP contribution in [0, 0.1) is 5.92 Å². The molecule has 19 heavy (non-hydrogen) atoms. The lowest BCUT2D eigenvalue weighted by Gasteiger charge is -2.19. The number of nitrogen functional groups attached to an aromatic ring is 1. The summed E-state index contributed by atoms with van der Waals surface area (Å²) in [4.78, 5) is 18.2. The van der Waals surface area contributed by atoms with Crippen molar-refractivity contribution in [2.45, 2.75) is 32.7 Å². The first-order chi connectivity index (χ1) is 9.19. The molecule has 0 saturated carbocycles. The minimum atomic E-state index is -0.341. The Morgan fingerprint density at radius 2 is 2.32 bits per heavy atom. The van der Waals surface area contributed by atoms with Gasteiger partial charge in [-0.3, -0.25) is 15.1 Å². The molecule has 0 bridgehead atoms. The molecule has 0 aliphatic carbocycles. The van der Waals surface area contributed by atoms with Gasteiger partial charge in [0, 0.05) is 6.54 Å². The Kier molecular flexibility index (Phi) is 4.87. The number of aromatic nitrogens is 1. The van der Waals surface area contributed by atoms with E-state index in [0.29, 0.717) is 5.69 Å². The third kappa shape index (κ3) is 4.01. The fourth-order valence-electron chi connectivity index (χ4n) is 2.48. The lowest BCUT2D eigenvalue weighted by Crippen LogP contribution is -2.31. The predicted molar refractivity (Wildman–Crippen MR) is 74.2 cm³/mol. The van der Waals surface area contributed by atoms with Crippen molar-refractivity contribution in [2.75, 3.05) is 13.1 Å². The number of amides is 1. The van der Waals surface area contributed by atoms with Crippen LogP contribution in [0.2, 0.25) is 0 Å². The second-order valence-electron chi connectivity index (χ2n) is 5.30.